The van der Waals surface area contributed by atoms with Gasteiger partial charge < -0.3 is 24.8 Å². The number of nitrogens with zero attached hydrogens (tertiary/aromatic N) is 1. The maximum absolute atomic E-state index is 12.4. The van der Waals surface area contributed by atoms with Gasteiger partial charge in [-0.15, -0.1) is 23.7 Å². The summed E-state index contributed by atoms with van der Waals surface area (Å²) in [4.78, 5) is 16.9. The number of aromatic nitrogens is 1. The van der Waals surface area contributed by atoms with Crippen molar-refractivity contribution in [1.82, 2.24) is 10.3 Å². The lowest BCUT2D eigenvalue weighted by molar-refractivity contribution is -0.123. The van der Waals surface area contributed by atoms with Crippen LogP contribution in [0, 0.1) is 0 Å². The molecule has 1 saturated heterocycles. The Morgan fingerprint density at radius 1 is 1.38 bits per heavy atom. The Kier molecular flexibility index (Phi) is 7.22. The van der Waals surface area contributed by atoms with Gasteiger partial charge >= 0.3 is 0 Å². The Morgan fingerprint density at radius 2 is 2.19 bits per heavy atom. The molecule has 0 unspecified atom stereocenters. The normalized spacial score (nSPS) is 19.3. The molecule has 26 heavy (non-hydrogen) atoms. The molecule has 2 N–H and O–H groups in total. The summed E-state index contributed by atoms with van der Waals surface area (Å²) in [6.07, 6.45) is -0.174. The highest BCUT2D eigenvalue weighted by molar-refractivity contribution is 7.14. The summed E-state index contributed by atoms with van der Waals surface area (Å²) in [7, 11) is 3.22. The number of rotatable bonds is 5. The molecule has 2 aromatic rings. The summed E-state index contributed by atoms with van der Waals surface area (Å²) in [5.41, 5.74) is 1.53. The van der Waals surface area contributed by atoms with Gasteiger partial charge in [0.15, 0.2) is 5.13 Å². The average Bonchev–Trinajstić information content (AvgIpc) is 3.09. The molecule has 0 saturated carbocycles. The molecule has 2 atom stereocenters. The first-order valence-electron chi connectivity index (χ1n) is 7.96. The first-order valence-corrected chi connectivity index (χ1v) is 8.84. The topological polar surface area (TPSA) is 81.7 Å². The Hall–Kier alpha value is -1.87. The third-order valence-electron chi connectivity index (χ3n) is 4.02. The third-order valence-corrected chi connectivity index (χ3v) is 4.77. The van der Waals surface area contributed by atoms with Crippen molar-refractivity contribution in [2.24, 2.45) is 0 Å². The molecule has 1 aromatic heterocycles. The minimum Gasteiger partial charge on any atom is -0.497 e. The van der Waals surface area contributed by atoms with Crippen molar-refractivity contribution in [3.63, 3.8) is 0 Å². The maximum Gasteiger partial charge on any atom is 0.245 e. The number of ether oxygens (including phenoxy) is 3. The SMILES string of the molecule is COc1ccc(OC)c(-c2csc(NC(=O)[C@H]3NCCO[C@@H]3C)n2)c1.Cl. The van der Waals surface area contributed by atoms with E-state index in [0.717, 1.165) is 11.3 Å². The van der Waals surface area contributed by atoms with Crippen LogP contribution in [0.1, 0.15) is 6.92 Å². The average molecular weight is 400 g/mol. The summed E-state index contributed by atoms with van der Waals surface area (Å²) in [5, 5.41) is 8.42. The Morgan fingerprint density at radius 3 is 2.88 bits per heavy atom. The molecule has 0 aliphatic carbocycles. The molecule has 9 heteroatoms. The molecule has 142 valence electrons. The van der Waals surface area contributed by atoms with E-state index in [4.69, 9.17) is 14.2 Å². The van der Waals surface area contributed by atoms with Crippen LogP contribution < -0.4 is 20.1 Å². The van der Waals surface area contributed by atoms with Gasteiger partial charge in [0, 0.05) is 17.5 Å². The molecule has 0 radical (unpaired) electrons. The highest BCUT2D eigenvalue weighted by Crippen LogP contribution is 2.35. The van der Waals surface area contributed by atoms with Crippen molar-refractivity contribution >= 4 is 34.8 Å². The fourth-order valence-electron chi connectivity index (χ4n) is 2.68. The Labute approximate surface area is 162 Å². The zero-order chi connectivity index (χ0) is 17.8. The van der Waals surface area contributed by atoms with Crippen LogP contribution in [0.5, 0.6) is 11.5 Å². The van der Waals surface area contributed by atoms with Gasteiger partial charge in [-0.05, 0) is 25.1 Å². The van der Waals surface area contributed by atoms with Crippen LogP contribution in [0.15, 0.2) is 23.6 Å². The quantitative estimate of drug-likeness (QED) is 0.804. The number of methoxy groups -OCH3 is 2. The monoisotopic (exact) mass is 399 g/mol. The smallest absolute Gasteiger partial charge is 0.245 e. The van der Waals surface area contributed by atoms with Crippen LogP contribution in [-0.2, 0) is 9.53 Å². The standard InChI is InChI=1S/C17H21N3O4S.ClH/c1-10-15(18-6-7-24-10)16(21)20-17-19-13(9-25-17)12-8-11(22-2)4-5-14(12)23-3;/h4-5,8-10,15,18H,6-7H2,1-3H3,(H,19,20,21);1H/t10-,15+;/m1./s1. The van der Waals surface area contributed by atoms with Crippen LogP contribution in [0.25, 0.3) is 11.3 Å². The first-order chi connectivity index (χ1) is 12.1. The van der Waals surface area contributed by atoms with Crippen LogP contribution in [0.2, 0.25) is 0 Å². The van der Waals surface area contributed by atoms with E-state index < -0.39 is 0 Å². The Bertz CT molecular complexity index is 755. The van der Waals surface area contributed by atoms with E-state index in [1.807, 2.05) is 30.5 Å². The zero-order valence-corrected chi connectivity index (χ0v) is 16.4. The van der Waals surface area contributed by atoms with Gasteiger partial charge in [0.2, 0.25) is 5.91 Å². The molecule has 1 aliphatic rings. The number of benzene rings is 1. The van der Waals surface area contributed by atoms with Gasteiger partial charge in [0.05, 0.1) is 32.6 Å². The molecule has 0 spiro atoms. The van der Waals surface area contributed by atoms with Crippen LogP contribution in [0.4, 0.5) is 5.13 Å². The van der Waals surface area contributed by atoms with Crippen molar-refractivity contribution in [3.05, 3.63) is 23.6 Å². The minimum atomic E-state index is -0.382. The molecular formula is C17H22ClN3O4S. The van der Waals surface area contributed by atoms with Gasteiger partial charge in [0.1, 0.15) is 17.5 Å². The third kappa shape index (κ3) is 4.45. The van der Waals surface area contributed by atoms with E-state index in [2.05, 4.69) is 15.6 Å². The van der Waals surface area contributed by atoms with Crippen molar-refractivity contribution in [3.8, 4) is 22.8 Å². The van der Waals surface area contributed by atoms with Crippen molar-refractivity contribution in [2.45, 2.75) is 19.1 Å². The first kappa shape index (κ1) is 20.4. The highest BCUT2D eigenvalue weighted by Gasteiger charge is 2.28. The lowest BCUT2D eigenvalue weighted by Gasteiger charge is -2.28. The number of halogens is 1. The summed E-state index contributed by atoms with van der Waals surface area (Å²) in [6.45, 7) is 3.15. The molecule has 1 aromatic carbocycles. The number of morpholine rings is 1. The number of anilines is 1. The number of hydrogen-bond donors (Lipinski definition) is 2. The number of nitrogens with one attached hydrogen (secondary N) is 2. The van der Waals surface area contributed by atoms with Crippen LogP contribution in [0.3, 0.4) is 0 Å². The second-order valence-electron chi connectivity index (χ2n) is 5.60. The Balaban J connectivity index is 0.00000243. The summed E-state index contributed by atoms with van der Waals surface area (Å²) in [6, 6.07) is 5.13. The molecule has 2 heterocycles. The number of carbonyl (C=O) groups is 1. The van der Waals surface area contributed by atoms with E-state index in [1.165, 1.54) is 11.3 Å². The number of carbonyl (C=O) groups excluding carboxylic acids is 1. The second-order valence-corrected chi connectivity index (χ2v) is 6.46. The van der Waals surface area contributed by atoms with Gasteiger partial charge in [0.25, 0.3) is 0 Å². The lowest BCUT2D eigenvalue weighted by atomic mass is 10.1. The maximum atomic E-state index is 12.4. The van der Waals surface area contributed by atoms with Crippen LogP contribution in [-0.4, -0.2) is 50.4 Å². The van der Waals surface area contributed by atoms with Gasteiger partial charge in [-0.3, -0.25) is 4.79 Å². The lowest BCUT2D eigenvalue weighted by Crippen LogP contribution is -2.53. The number of thiazole rings is 1. The number of amides is 1. The van der Waals surface area contributed by atoms with Gasteiger partial charge in [-0.1, -0.05) is 0 Å². The predicted molar refractivity (Wildman–Crippen MR) is 104 cm³/mol. The molecule has 1 aliphatic heterocycles. The minimum absolute atomic E-state index is 0. The summed E-state index contributed by atoms with van der Waals surface area (Å²) >= 11 is 1.36. The second kappa shape index (κ2) is 9.18. The molecular weight excluding hydrogens is 378 g/mol. The van der Waals surface area contributed by atoms with Crippen LogP contribution >= 0.6 is 23.7 Å². The van der Waals surface area contributed by atoms with Crippen molar-refractivity contribution in [2.75, 3.05) is 32.7 Å². The molecule has 1 amide bonds. The summed E-state index contributed by atoms with van der Waals surface area (Å²) < 4.78 is 16.2. The predicted octanol–water partition coefficient (Wildman–Crippen LogP) is 2.56. The highest BCUT2D eigenvalue weighted by atomic mass is 35.5. The zero-order valence-electron chi connectivity index (χ0n) is 14.8. The molecule has 1 fully saturated rings. The fraction of sp³-hybridized carbons (Fsp3) is 0.412. The van der Waals surface area contributed by atoms with Gasteiger partial charge in [-0.25, -0.2) is 4.98 Å². The fourth-order valence-corrected chi connectivity index (χ4v) is 3.39. The van der Waals surface area contributed by atoms with Crippen molar-refractivity contribution in [1.29, 1.82) is 0 Å². The summed E-state index contributed by atoms with van der Waals surface area (Å²) in [5.74, 6) is 1.26. The number of hydrogen-bond acceptors (Lipinski definition) is 7. The largest absolute Gasteiger partial charge is 0.497 e. The molecule has 0 bridgehead atoms. The molecule has 3 rings (SSSR count). The van der Waals surface area contributed by atoms with E-state index in [9.17, 15) is 4.79 Å². The molecule has 7 nitrogen and oxygen atoms in total. The van der Waals surface area contributed by atoms with E-state index in [0.29, 0.717) is 29.8 Å². The van der Waals surface area contributed by atoms with E-state index >= 15 is 0 Å². The van der Waals surface area contributed by atoms with E-state index in [1.54, 1.807) is 14.2 Å². The van der Waals surface area contributed by atoms with E-state index in [-0.39, 0.29) is 30.5 Å². The van der Waals surface area contributed by atoms with Crippen molar-refractivity contribution < 1.29 is 19.0 Å². The van der Waals surface area contributed by atoms with Gasteiger partial charge in [-0.2, -0.15) is 0 Å².